The Hall–Kier alpha value is -3.74. The number of carbonyl (C=O) groups is 1. The van der Waals surface area contributed by atoms with Crippen LogP contribution in [0.4, 0.5) is 22.7 Å². The zero-order chi connectivity index (χ0) is 19.9. The average molecular weight is 375 g/mol. The van der Waals surface area contributed by atoms with Crippen LogP contribution < -0.4 is 15.0 Å². The van der Waals surface area contributed by atoms with Gasteiger partial charge in [0.25, 0.3) is 5.91 Å². The lowest BCUT2D eigenvalue weighted by Crippen LogP contribution is -2.13. The monoisotopic (exact) mass is 375 g/mol. The van der Waals surface area contributed by atoms with Crippen molar-refractivity contribution in [3.8, 4) is 5.75 Å². The maximum Gasteiger partial charge on any atom is 0.274 e. The first kappa shape index (κ1) is 19.0. The molecule has 0 aliphatic rings. The van der Waals surface area contributed by atoms with Gasteiger partial charge >= 0.3 is 0 Å². The Morgan fingerprint density at radius 1 is 1.04 bits per heavy atom. The lowest BCUT2D eigenvalue weighted by Gasteiger charge is -2.11. The number of amides is 1. The molecular formula is C21H21N5O2. The number of pyridine rings is 1. The molecule has 28 heavy (non-hydrogen) atoms. The van der Waals surface area contributed by atoms with E-state index in [2.05, 4.69) is 20.5 Å². The third-order valence-corrected chi connectivity index (χ3v) is 3.97. The van der Waals surface area contributed by atoms with Gasteiger partial charge in [0.15, 0.2) is 0 Å². The van der Waals surface area contributed by atoms with Crippen molar-refractivity contribution in [2.75, 3.05) is 31.4 Å². The van der Waals surface area contributed by atoms with E-state index < -0.39 is 0 Å². The molecule has 0 aliphatic carbocycles. The van der Waals surface area contributed by atoms with E-state index in [0.29, 0.717) is 22.8 Å². The minimum Gasteiger partial charge on any atom is -0.494 e. The van der Waals surface area contributed by atoms with Gasteiger partial charge in [0.1, 0.15) is 17.1 Å². The molecule has 0 atom stereocenters. The highest BCUT2D eigenvalue weighted by atomic mass is 16.5. The summed E-state index contributed by atoms with van der Waals surface area (Å²) in [5.74, 6) is 0.213. The number of benzene rings is 2. The highest BCUT2D eigenvalue weighted by Gasteiger charge is 2.09. The van der Waals surface area contributed by atoms with E-state index in [1.165, 1.54) is 0 Å². The van der Waals surface area contributed by atoms with Crippen molar-refractivity contribution >= 4 is 28.7 Å². The number of aromatic nitrogens is 1. The van der Waals surface area contributed by atoms with Crippen LogP contribution in [-0.2, 0) is 0 Å². The average Bonchev–Trinajstić information content (AvgIpc) is 2.73. The number of nitrogens with zero attached hydrogens (tertiary/aromatic N) is 4. The van der Waals surface area contributed by atoms with E-state index in [-0.39, 0.29) is 5.91 Å². The molecule has 0 aliphatic heterocycles. The number of methoxy groups -OCH3 is 1. The minimum absolute atomic E-state index is 0.294. The fourth-order valence-electron chi connectivity index (χ4n) is 2.46. The zero-order valence-electron chi connectivity index (χ0n) is 16.0. The zero-order valence-corrected chi connectivity index (χ0v) is 16.0. The first-order valence-corrected chi connectivity index (χ1v) is 8.66. The predicted octanol–water partition coefficient (Wildman–Crippen LogP) is 4.82. The number of ether oxygens (including phenoxy) is 1. The number of rotatable bonds is 6. The van der Waals surface area contributed by atoms with Gasteiger partial charge in [-0.3, -0.25) is 9.78 Å². The Bertz CT molecular complexity index is 970. The molecule has 0 bridgehead atoms. The maximum absolute atomic E-state index is 12.2. The second kappa shape index (κ2) is 8.77. The number of hydrogen-bond acceptors (Lipinski definition) is 6. The molecule has 3 rings (SSSR count). The molecular weight excluding hydrogens is 354 g/mol. The van der Waals surface area contributed by atoms with E-state index in [4.69, 9.17) is 4.74 Å². The van der Waals surface area contributed by atoms with Gasteiger partial charge in [-0.1, -0.05) is 6.07 Å². The normalized spacial score (nSPS) is 10.7. The Kier molecular flexibility index (Phi) is 5.96. The second-order valence-electron chi connectivity index (χ2n) is 6.17. The maximum atomic E-state index is 12.2. The Labute approximate surface area is 163 Å². The molecule has 1 aromatic heterocycles. The fourth-order valence-corrected chi connectivity index (χ4v) is 2.46. The molecule has 0 unspecified atom stereocenters. The molecule has 7 nitrogen and oxygen atoms in total. The standard InChI is InChI=1S/C21H21N5O2/c1-26(2)17-10-7-15(8-11-17)24-25-18-12-9-16(14-20(18)28-3)23-21(27)19-6-4-5-13-22-19/h4-14H,1-3H3,(H,23,27)/b25-24-. The summed E-state index contributed by atoms with van der Waals surface area (Å²) in [5, 5.41) is 11.3. The summed E-state index contributed by atoms with van der Waals surface area (Å²) in [7, 11) is 5.51. The van der Waals surface area contributed by atoms with Crippen molar-refractivity contribution < 1.29 is 9.53 Å². The number of anilines is 2. The van der Waals surface area contributed by atoms with Crippen molar-refractivity contribution in [2.45, 2.75) is 0 Å². The van der Waals surface area contributed by atoms with Crippen molar-refractivity contribution in [3.63, 3.8) is 0 Å². The fraction of sp³-hybridized carbons (Fsp3) is 0.143. The van der Waals surface area contributed by atoms with Crippen LogP contribution in [0.3, 0.4) is 0 Å². The largest absolute Gasteiger partial charge is 0.494 e. The summed E-state index contributed by atoms with van der Waals surface area (Å²) in [6.45, 7) is 0. The van der Waals surface area contributed by atoms with Gasteiger partial charge in [-0.2, -0.15) is 5.11 Å². The van der Waals surface area contributed by atoms with Crippen LogP contribution in [0.5, 0.6) is 5.75 Å². The van der Waals surface area contributed by atoms with Gasteiger partial charge < -0.3 is 15.0 Å². The molecule has 142 valence electrons. The molecule has 1 heterocycles. The van der Waals surface area contributed by atoms with Crippen LogP contribution in [0, 0.1) is 0 Å². The molecule has 0 saturated heterocycles. The van der Waals surface area contributed by atoms with Crippen molar-refractivity contribution in [3.05, 3.63) is 72.6 Å². The summed E-state index contributed by atoms with van der Waals surface area (Å²) in [4.78, 5) is 18.3. The molecule has 1 amide bonds. The second-order valence-corrected chi connectivity index (χ2v) is 6.17. The molecule has 0 saturated carbocycles. The molecule has 3 aromatic rings. The summed E-state index contributed by atoms with van der Waals surface area (Å²) in [6, 6.07) is 18.1. The number of carbonyl (C=O) groups excluding carboxylic acids is 1. The van der Waals surface area contributed by atoms with Crippen LogP contribution in [0.15, 0.2) is 77.1 Å². The lowest BCUT2D eigenvalue weighted by atomic mass is 10.2. The van der Waals surface area contributed by atoms with E-state index in [1.807, 2.05) is 43.3 Å². The van der Waals surface area contributed by atoms with Crippen molar-refractivity contribution in [1.29, 1.82) is 0 Å². The molecule has 0 radical (unpaired) electrons. The van der Waals surface area contributed by atoms with Gasteiger partial charge in [-0.25, -0.2) is 0 Å². The molecule has 0 fully saturated rings. The van der Waals surface area contributed by atoms with Gasteiger partial charge in [0.05, 0.1) is 12.8 Å². The number of nitrogens with one attached hydrogen (secondary N) is 1. The first-order valence-electron chi connectivity index (χ1n) is 8.66. The van der Waals surface area contributed by atoms with Crippen LogP contribution in [0.2, 0.25) is 0 Å². The molecule has 1 N–H and O–H groups in total. The van der Waals surface area contributed by atoms with E-state index in [0.717, 1.165) is 11.4 Å². The topological polar surface area (TPSA) is 79.2 Å². The van der Waals surface area contributed by atoms with Crippen molar-refractivity contribution in [2.24, 2.45) is 10.2 Å². The van der Waals surface area contributed by atoms with Gasteiger partial charge in [0, 0.05) is 37.7 Å². The van der Waals surface area contributed by atoms with Gasteiger partial charge in [-0.15, -0.1) is 5.11 Å². The first-order chi connectivity index (χ1) is 13.6. The van der Waals surface area contributed by atoms with Crippen LogP contribution >= 0.6 is 0 Å². The molecule has 7 heteroatoms. The third-order valence-electron chi connectivity index (χ3n) is 3.97. The highest BCUT2D eigenvalue weighted by Crippen LogP contribution is 2.32. The van der Waals surface area contributed by atoms with E-state index in [9.17, 15) is 4.79 Å². The van der Waals surface area contributed by atoms with Crippen LogP contribution in [0.1, 0.15) is 10.5 Å². The lowest BCUT2D eigenvalue weighted by molar-refractivity contribution is 0.102. The summed E-state index contributed by atoms with van der Waals surface area (Å²) in [6.07, 6.45) is 1.57. The minimum atomic E-state index is -0.294. The Morgan fingerprint density at radius 3 is 2.46 bits per heavy atom. The Morgan fingerprint density at radius 2 is 1.82 bits per heavy atom. The predicted molar refractivity (Wildman–Crippen MR) is 110 cm³/mol. The van der Waals surface area contributed by atoms with Crippen LogP contribution in [-0.4, -0.2) is 32.1 Å². The van der Waals surface area contributed by atoms with E-state index >= 15 is 0 Å². The summed E-state index contributed by atoms with van der Waals surface area (Å²) >= 11 is 0. The smallest absolute Gasteiger partial charge is 0.274 e. The summed E-state index contributed by atoms with van der Waals surface area (Å²) in [5.41, 5.74) is 3.31. The van der Waals surface area contributed by atoms with Crippen LogP contribution in [0.25, 0.3) is 0 Å². The van der Waals surface area contributed by atoms with Gasteiger partial charge in [0.2, 0.25) is 0 Å². The number of azo groups is 1. The quantitative estimate of drug-likeness (QED) is 0.626. The molecule has 0 spiro atoms. The third kappa shape index (κ3) is 4.70. The summed E-state index contributed by atoms with van der Waals surface area (Å²) < 4.78 is 5.38. The van der Waals surface area contributed by atoms with E-state index in [1.54, 1.807) is 49.7 Å². The van der Waals surface area contributed by atoms with Crippen molar-refractivity contribution in [1.82, 2.24) is 4.98 Å². The molecule has 2 aromatic carbocycles. The van der Waals surface area contributed by atoms with Gasteiger partial charge in [-0.05, 0) is 48.5 Å². The highest BCUT2D eigenvalue weighted by molar-refractivity contribution is 6.03. The number of hydrogen-bond donors (Lipinski definition) is 1. The SMILES string of the molecule is COc1cc(NC(=O)c2ccccn2)ccc1/N=N\c1ccc(N(C)C)cc1. The Balaban J connectivity index is 1.75.